The Morgan fingerprint density at radius 3 is 1.93 bits per heavy atom. The molecule has 2 aromatic carbocycles. The van der Waals surface area contributed by atoms with Crippen LogP contribution >= 0.6 is 0 Å². The molecule has 1 saturated carbocycles. The average Bonchev–Trinajstić information content (AvgIpc) is 3.33. The number of halogens is 2. The minimum Gasteiger partial charge on any atom is -0.326 e. The Hall–Kier alpha value is -2.96. The van der Waals surface area contributed by atoms with Gasteiger partial charge < -0.3 is 15.5 Å². The van der Waals surface area contributed by atoms with E-state index in [0.29, 0.717) is 24.5 Å². The molecular formula is C22H23F2N3O2. The van der Waals surface area contributed by atoms with Crippen LogP contribution in [0.3, 0.4) is 0 Å². The van der Waals surface area contributed by atoms with Crippen LogP contribution in [0, 0.1) is 23.0 Å². The maximum atomic E-state index is 13.1. The van der Waals surface area contributed by atoms with Crippen molar-refractivity contribution in [1.29, 1.82) is 0 Å². The van der Waals surface area contributed by atoms with E-state index >= 15 is 0 Å². The standard InChI is InChI=1S/C22H23F2N3O2/c23-15-3-7-17(8-4-15)25-20(28)19-13-27(14-22(19)11-1-2-12-22)21(29)26-18-9-5-16(24)6-10-18/h3-10,19H,1-2,11-14H2,(H,25,28)(H,26,29)/t19-/m0/s1. The molecule has 0 bridgehead atoms. The van der Waals surface area contributed by atoms with Crippen LogP contribution < -0.4 is 10.6 Å². The zero-order valence-corrected chi connectivity index (χ0v) is 16.0. The Bertz CT molecular complexity index is 893. The predicted octanol–water partition coefficient (Wildman–Crippen LogP) is 4.63. The van der Waals surface area contributed by atoms with Gasteiger partial charge in [-0.1, -0.05) is 12.8 Å². The van der Waals surface area contributed by atoms with Gasteiger partial charge in [-0.2, -0.15) is 0 Å². The highest BCUT2D eigenvalue weighted by molar-refractivity contribution is 5.95. The molecular weight excluding hydrogens is 376 g/mol. The van der Waals surface area contributed by atoms with E-state index in [1.54, 1.807) is 4.90 Å². The van der Waals surface area contributed by atoms with E-state index in [9.17, 15) is 18.4 Å². The van der Waals surface area contributed by atoms with Gasteiger partial charge in [-0.05, 0) is 61.4 Å². The van der Waals surface area contributed by atoms with Crippen molar-refractivity contribution < 1.29 is 18.4 Å². The number of carbonyl (C=O) groups excluding carboxylic acids is 2. The molecule has 1 atom stereocenters. The Balaban J connectivity index is 1.47. The molecule has 2 fully saturated rings. The van der Waals surface area contributed by atoms with Crippen LogP contribution in [-0.4, -0.2) is 29.9 Å². The zero-order valence-electron chi connectivity index (χ0n) is 16.0. The van der Waals surface area contributed by atoms with E-state index in [2.05, 4.69) is 10.6 Å². The first-order chi connectivity index (χ1) is 13.9. The highest BCUT2D eigenvalue weighted by Crippen LogP contribution is 2.49. The van der Waals surface area contributed by atoms with E-state index in [1.165, 1.54) is 48.5 Å². The molecule has 2 aliphatic rings. The quantitative estimate of drug-likeness (QED) is 0.791. The van der Waals surface area contributed by atoms with Crippen LogP contribution in [0.1, 0.15) is 25.7 Å². The highest BCUT2D eigenvalue weighted by atomic mass is 19.1. The first-order valence-electron chi connectivity index (χ1n) is 9.83. The van der Waals surface area contributed by atoms with Gasteiger partial charge >= 0.3 is 6.03 Å². The fraction of sp³-hybridized carbons (Fsp3) is 0.364. The number of likely N-dealkylation sites (tertiary alicyclic amines) is 1. The molecule has 1 aliphatic heterocycles. The second kappa shape index (κ2) is 7.81. The van der Waals surface area contributed by atoms with Gasteiger partial charge in [0, 0.05) is 29.9 Å². The minimum absolute atomic E-state index is 0.143. The van der Waals surface area contributed by atoms with Gasteiger partial charge in [0.15, 0.2) is 0 Å². The van der Waals surface area contributed by atoms with E-state index in [1.807, 2.05) is 0 Å². The summed E-state index contributed by atoms with van der Waals surface area (Å²) in [5.74, 6) is -1.20. The number of rotatable bonds is 3. The molecule has 29 heavy (non-hydrogen) atoms. The van der Waals surface area contributed by atoms with Crippen LogP contribution in [0.15, 0.2) is 48.5 Å². The van der Waals surface area contributed by atoms with Crippen LogP contribution in [0.25, 0.3) is 0 Å². The minimum atomic E-state index is -0.369. The summed E-state index contributed by atoms with van der Waals surface area (Å²) in [6.07, 6.45) is 3.87. The first-order valence-corrected chi connectivity index (χ1v) is 9.83. The van der Waals surface area contributed by atoms with Gasteiger partial charge in [0.05, 0.1) is 5.92 Å². The number of anilines is 2. The fourth-order valence-electron chi connectivity index (χ4n) is 4.57. The summed E-state index contributed by atoms with van der Waals surface area (Å²) in [5, 5.41) is 5.65. The van der Waals surface area contributed by atoms with Gasteiger partial charge in [0.2, 0.25) is 5.91 Å². The number of amides is 3. The van der Waals surface area contributed by atoms with Gasteiger partial charge in [-0.25, -0.2) is 13.6 Å². The summed E-state index contributed by atoms with van der Waals surface area (Å²) in [5.41, 5.74) is 0.819. The molecule has 1 spiro atoms. The maximum absolute atomic E-state index is 13.1. The lowest BCUT2D eigenvalue weighted by Crippen LogP contribution is -2.36. The second-order valence-electron chi connectivity index (χ2n) is 7.94. The van der Waals surface area contributed by atoms with Gasteiger partial charge in [-0.3, -0.25) is 4.79 Å². The van der Waals surface area contributed by atoms with Gasteiger partial charge in [0.1, 0.15) is 11.6 Å². The molecule has 0 unspecified atom stereocenters. The summed E-state index contributed by atoms with van der Waals surface area (Å²) in [4.78, 5) is 27.4. The molecule has 1 heterocycles. The van der Waals surface area contributed by atoms with Crippen molar-refractivity contribution in [3.8, 4) is 0 Å². The number of hydrogen-bond donors (Lipinski definition) is 2. The summed E-state index contributed by atoms with van der Waals surface area (Å²) < 4.78 is 26.2. The molecule has 5 nitrogen and oxygen atoms in total. The van der Waals surface area contributed by atoms with Crippen molar-refractivity contribution in [2.45, 2.75) is 25.7 Å². The number of nitrogens with one attached hydrogen (secondary N) is 2. The molecule has 0 radical (unpaired) electrons. The third-order valence-corrected chi connectivity index (χ3v) is 6.06. The molecule has 7 heteroatoms. The van der Waals surface area contributed by atoms with Crippen molar-refractivity contribution >= 4 is 23.3 Å². The SMILES string of the molecule is O=C(Nc1ccc(F)cc1)[C@@H]1CN(C(=O)Nc2ccc(F)cc2)CC12CCCC2. The summed E-state index contributed by atoms with van der Waals surface area (Å²) in [7, 11) is 0. The largest absolute Gasteiger partial charge is 0.326 e. The molecule has 3 amide bonds. The third-order valence-electron chi connectivity index (χ3n) is 6.06. The maximum Gasteiger partial charge on any atom is 0.321 e. The lowest BCUT2D eigenvalue weighted by molar-refractivity contribution is -0.122. The second-order valence-corrected chi connectivity index (χ2v) is 7.94. The average molecular weight is 399 g/mol. The Kier molecular flexibility index (Phi) is 5.22. The number of carbonyl (C=O) groups is 2. The molecule has 1 saturated heterocycles. The molecule has 2 aromatic rings. The van der Waals surface area contributed by atoms with E-state index < -0.39 is 0 Å². The number of nitrogens with zero attached hydrogens (tertiary/aromatic N) is 1. The van der Waals surface area contributed by atoms with Gasteiger partial charge in [0.25, 0.3) is 0 Å². The smallest absolute Gasteiger partial charge is 0.321 e. The van der Waals surface area contributed by atoms with E-state index in [4.69, 9.17) is 0 Å². The predicted molar refractivity (Wildman–Crippen MR) is 106 cm³/mol. The van der Waals surface area contributed by atoms with Crippen LogP contribution in [0.2, 0.25) is 0 Å². The summed E-state index contributed by atoms with van der Waals surface area (Å²) >= 11 is 0. The third kappa shape index (κ3) is 4.09. The van der Waals surface area contributed by atoms with Crippen molar-refractivity contribution in [1.82, 2.24) is 4.90 Å². The zero-order chi connectivity index (χ0) is 20.4. The topological polar surface area (TPSA) is 61.4 Å². The monoisotopic (exact) mass is 399 g/mol. The van der Waals surface area contributed by atoms with Crippen molar-refractivity contribution in [2.75, 3.05) is 23.7 Å². The number of benzene rings is 2. The summed E-state index contributed by atoms with van der Waals surface area (Å²) in [6.45, 7) is 0.835. The molecule has 1 aliphatic carbocycles. The highest BCUT2D eigenvalue weighted by Gasteiger charge is 2.52. The molecule has 4 rings (SSSR count). The van der Waals surface area contributed by atoms with Gasteiger partial charge in [-0.15, -0.1) is 0 Å². The lowest BCUT2D eigenvalue weighted by Gasteiger charge is -2.28. The Labute approximate surface area is 168 Å². The fourth-order valence-corrected chi connectivity index (χ4v) is 4.57. The Morgan fingerprint density at radius 1 is 0.862 bits per heavy atom. The number of hydrogen-bond acceptors (Lipinski definition) is 2. The van der Waals surface area contributed by atoms with E-state index in [-0.39, 0.29) is 34.9 Å². The van der Waals surface area contributed by atoms with Crippen molar-refractivity contribution in [2.24, 2.45) is 11.3 Å². The van der Waals surface area contributed by atoms with Crippen molar-refractivity contribution in [3.63, 3.8) is 0 Å². The van der Waals surface area contributed by atoms with Crippen LogP contribution in [-0.2, 0) is 4.79 Å². The lowest BCUT2D eigenvalue weighted by atomic mass is 9.76. The summed E-state index contributed by atoms with van der Waals surface area (Å²) in [6, 6.07) is 11.0. The Morgan fingerprint density at radius 2 is 1.38 bits per heavy atom. The molecule has 2 N–H and O–H groups in total. The van der Waals surface area contributed by atoms with Crippen LogP contribution in [0.5, 0.6) is 0 Å². The number of urea groups is 1. The van der Waals surface area contributed by atoms with Crippen molar-refractivity contribution in [3.05, 3.63) is 60.2 Å². The molecule has 0 aromatic heterocycles. The normalized spacial score (nSPS) is 20.1. The van der Waals surface area contributed by atoms with Crippen LogP contribution in [0.4, 0.5) is 25.0 Å². The van der Waals surface area contributed by atoms with E-state index in [0.717, 1.165) is 25.7 Å². The molecule has 152 valence electrons. The first kappa shape index (κ1) is 19.4.